The van der Waals surface area contributed by atoms with Crippen LogP contribution in [0, 0.1) is 0 Å². The SMILES string of the molecule is CC(C)(C)[Si](C)(C)Oc1cccc(OCc2ccccc2)c1. The van der Waals surface area contributed by atoms with E-state index in [2.05, 4.69) is 46.0 Å². The summed E-state index contributed by atoms with van der Waals surface area (Å²) in [5.74, 6) is 1.75. The van der Waals surface area contributed by atoms with Crippen LogP contribution in [0.2, 0.25) is 18.1 Å². The first-order valence-electron chi connectivity index (χ1n) is 7.74. The molecule has 2 rings (SSSR count). The van der Waals surface area contributed by atoms with Crippen LogP contribution in [0.25, 0.3) is 0 Å². The van der Waals surface area contributed by atoms with Gasteiger partial charge < -0.3 is 9.16 Å². The van der Waals surface area contributed by atoms with Crippen molar-refractivity contribution in [3.05, 3.63) is 60.2 Å². The van der Waals surface area contributed by atoms with Gasteiger partial charge in [0.15, 0.2) is 0 Å². The summed E-state index contributed by atoms with van der Waals surface area (Å²) in [4.78, 5) is 0. The van der Waals surface area contributed by atoms with Crippen molar-refractivity contribution in [2.75, 3.05) is 0 Å². The monoisotopic (exact) mass is 314 g/mol. The quantitative estimate of drug-likeness (QED) is 0.664. The molecular weight excluding hydrogens is 288 g/mol. The maximum absolute atomic E-state index is 6.32. The fourth-order valence-corrected chi connectivity index (χ4v) is 2.84. The lowest BCUT2D eigenvalue weighted by Crippen LogP contribution is -2.43. The summed E-state index contributed by atoms with van der Waals surface area (Å²) in [5, 5.41) is 0.188. The second-order valence-electron chi connectivity index (χ2n) is 7.11. The van der Waals surface area contributed by atoms with Crippen LogP contribution in [0.3, 0.4) is 0 Å². The molecule has 2 nitrogen and oxygen atoms in total. The lowest BCUT2D eigenvalue weighted by atomic mass is 10.2. The Bertz CT molecular complexity index is 600. The van der Waals surface area contributed by atoms with Gasteiger partial charge in [0.1, 0.15) is 18.1 Å². The van der Waals surface area contributed by atoms with E-state index in [-0.39, 0.29) is 5.04 Å². The fourth-order valence-electron chi connectivity index (χ4n) is 1.82. The Kier molecular flexibility index (Phi) is 4.96. The predicted molar refractivity (Wildman–Crippen MR) is 95.0 cm³/mol. The Hall–Kier alpha value is -1.74. The van der Waals surface area contributed by atoms with Crippen LogP contribution < -0.4 is 9.16 Å². The molecule has 0 saturated carbocycles. The van der Waals surface area contributed by atoms with Gasteiger partial charge in [0.2, 0.25) is 8.32 Å². The number of ether oxygens (including phenoxy) is 1. The molecule has 0 bridgehead atoms. The molecule has 0 saturated heterocycles. The van der Waals surface area contributed by atoms with Crippen LogP contribution >= 0.6 is 0 Å². The number of hydrogen-bond donors (Lipinski definition) is 0. The maximum atomic E-state index is 6.32. The first-order chi connectivity index (χ1) is 10.3. The third kappa shape index (κ3) is 4.37. The zero-order valence-corrected chi connectivity index (χ0v) is 15.2. The highest BCUT2D eigenvalue weighted by atomic mass is 28.4. The molecule has 0 radical (unpaired) electrons. The molecule has 0 unspecified atom stereocenters. The summed E-state index contributed by atoms with van der Waals surface area (Å²) in [5.41, 5.74) is 1.17. The van der Waals surface area contributed by atoms with Crippen molar-refractivity contribution in [2.45, 2.75) is 45.5 Å². The van der Waals surface area contributed by atoms with Gasteiger partial charge in [0.05, 0.1) is 0 Å². The van der Waals surface area contributed by atoms with E-state index in [4.69, 9.17) is 9.16 Å². The number of benzene rings is 2. The number of rotatable bonds is 5. The lowest BCUT2D eigenvalue weighted by molar-refractivity contribution is 0.305. The first-order valence-corrected chi connectivity index (χ1v) is 10.6. The molecule has 0 aliphatic carbocycles. The highest BCUT2D eigenvalue weighted by Gasteiger charge is 2.38. The van der Waals surface area contributed by atoms with Gasteiger partial charge in [-0.1, -0.05) is 57.2 Å². The molecule has 0 spiro atoms. The molecule has 0 fully saturated rings. The summed E-state index contributed by atoms with van der Waals surface area (Å²) < 4.78 is 12.2. The molecule has 2 aromatic carbocycles. The Morgan fingerprint density at radius 2 is 1.50 bits per heavy atom. The molecule has 0 N–H and O–H groups in total. The fraction of sp³-hybridized carbons (Fsp3) is 0.368. The molecule has 118 valence electrons. The first kappa shape index (κ1) is 16.6. The van der Waals surface area contributed by atoms with E-state index in [0.717, 1.165) is 11.5 Å². The highest BCUT2D eigenvalue weighted by Crippen LogP contribution is 2.37. The number of hydrogen-bond acceptors (Lipinski definition) is 2. The van der Waals surface area contributed by atoms with Gasteiger partial charge in [-0.2, -0.15) is 0 Å². The maximum Gasteiger partial charge on any atom is 0.250 e. The van der Waals surface area contributed by atoms with E-state index in [1.54, 1.807) is 0 Å². The van der Waals surface area contributed by atoms with Gasteiger partial charge >= 0.3 is 0 Å². The van der Waals surface area contributed by atoms with Crippen LogP contribution in [0.5, 0.6) is 11.5 Å². The topological polar surface area (TPSA) is 18.5 Å². The molecule has 22 heavy (non-hydrogen) atoms. The molecule has 0 aromatic heterocycles. The van der Waals surface area contributed by atoms with Crippen LogP contribution in [-0.2, 0) is 6.61 Å². The summed E-state index contributed by atoms with van der Waals surface area (Å²) >= 11 is 0. The summed E-state index contributed by atoms with van der Waals surface area (Å²) in [6.45, 7) is 11.8. The normalized spacial score (nSPS) is 12.0. The van der Waals surface area contributed by atoms with E-state index in [0.29, 0.717) is 6.61 Å². The smallest absolute Gasteiger partial charge is 0.250 e. The van der Waals surface area contributed by atoms with E-state index in [1.807, 2.05) is 42.5 Å². The van der Waals surface area contributed by atoms with Gasteiger partial charge in [-0.3, -0.25) is 0 Å². The molecule has 0 aliphatic heterocycles. The molecule has 0 atom stereocenters. The minimum Gasteiger partial charge on any atom is -0.543 e. The van der Waals surface area contributed by atoms with Crippen molar-refractivity contribution in [1.82, 2.24) is 0 Å². The van der Waals surface area contributed by atoms with Gasteiger partial charge in [-0.15, -0.1) is 0 Å². The standard InChI is InChI=1S/C19H26O2Si/c1-19(2,3)22(4,5)21-18-13-9-12-17(14-18)20-15-16-10-7-6-8-11-16/h6-14H,15H2,1-5H3. The summed E-state index contributed by atoms with van der Waals surface area (Å²) in [7, 11) is -1.81. The lowest BCUT2D eigenvalue weighted by Gasteiger charge is -2.36. The molecule has 0 aliphatic rings. The molecule has 2 aromatic rings. The second kappa shape index (κ2) is 6.57. The predicted octanol–water partition coefficient (Wildman–Crippen LogP) is 5.65. The highest BCUT2D eigenvalue weighted by molar-refractivity contribution is 6.74. The third-order valence-corrected chi connectivity index (χ3v) is 8.59. The van der Waals surface area contributed by atoms with E-state index in [9.17, 15) is 0 Å². The van der Waals surface area contributed by atoms with Crippen molar-refractivity contribution < 1.29 is 9.16 Å². The Morgan fingerprint density at radius 3 is 2.14 bits per heavy atom. The Labute approximate surface area is 135 Å². The average molecular weight is 315 g/mol. The minimum absolute atomic E-state index is 0.188. The summed E-state index contributed by atoms with van der Waals surface area (Å²) in [6, 6.07) is 18.2. The van der Waals surface area contributed by atoms with Crippen molar-refractivity contribution in [3.8, 4) is 11.5 Å². The largest absolute Gasteiger partial charge is 0.543 e. The van der Waals surface area contributed by atoms with Crippen molar-refractivity contribution in [2.24, 2.45) is 0 Å². The summed E-state index contributed by atoms with van der Waals surface area (Å²) in [6.07, 6.45) is 0. The Balaban J connectivity index is 2.04. The van der Waals surface area contributed by atoms with Gasteiger partial charge in [-0.05, 0) is 35.8 Å². The van der Waals surface area contributed by atoms with Crippen molar-refractivity contribution in [1.29, 1.82) is 0 Å². The van der Waals surface area contributed by atoms with Crippen LogP contribution in [-0.4, -0.2) is 8.32 Å². The second-order valence-corrected chi connectivity index (χ2v) is 11.8. The van der Waals surface area contributed by atoms with Gasteiger partial charge in [0.25, 0.3) is 0 Å². The molecule has 0 heterocycles. The molecule has 0 amide bonds. The van der Waals surface area contributed by atoms with Gasteiger partial charge in [0, 0.05) is 6.07 Å². The third-order valence-electron chi connectivity index (χ3n) is 4.23. The van der Waals surface area contributed by atoms with Crippen LogP contribution in [0.15, 0.2) is 54.6 Å². The van der Waals surface area contributed by atoms with E-state index in [1.165, 1.54) is 5.56 Å². The van der Waals surface area contributed by atoms with E-state index >= 15 is 0 Å². The van der Waals surface area contributed by atoms with Crippen LogP contribution in [0.1, 0.15) is 26.3 Å². The van der Waals surface area contributed by atoms with Crippen molar-refractivity contribution in [3.63, 3.8) is 0 Å². The van der Waals surface area contributed by atoms with Gasteiger partial charge in [-0.25, -0.2) is 0 Å². The zero-order valence-electron chi connectivity index (χ0n) is 14.2. The van der Waals surface area contributed by atoms with Crippen LogP contribution in [0.4, 0.5) is 0 Å². The molecule has 3 heteroatoms. The zero-order chi connectivity index (χ0) is 16.2. The Morgan fingerprint density at radius 1 is 0.864 bits per heavy atom. The minimum atomic E-state index is -1.81. The molecular formula is C19H26O2Si. The van der Waals surface area contributed by atoms with E-state index < -0.39 is 8.32 Å². The van der Waals surface area contributed by atoms with Crippen molar-refractivity contribution >= 4 is 8.32 Å². The average Bonchev–Trinajstić information content (AvgIpc) is 2.45.